The number of aryl methyl sites for hydroxylation is 1. The fourth-order valence-corrected chi connectivity index (χ4v) is 2.04. The van der Waals surface area contributed by atoms with E-state index in [-0.39, 0.29) is 0 Å². The average molecular weight is 282 g/mol. The molecule has 16 heavy (non-hydrogen) atoms. The van der Waals surface area contributed by atoms with Gasteiger partial charge in [-0.2, -0.15) is 0 Å². The molecule has 1 aromatic heterocycles. The summed E-state index contributed by atoms with van der Waals surface area (Å²) in [5.41, 5.74) is 2.10. The molecule has 0 fully saturated rings. The summed E-state index contributed by atoms with van der Waals surface area (Å²) >= 11 is 3.49. The molecule has 0 amide bonds. The molecule has 0 aliphatic heterocycles. The number of halogens is 1. The van der Waals surface area contributed by atoms with E-state index < -0.39 is 0 Å². The summed E-state index contributed by atoms with van der Waals surface area (Å²) in [6.45, 7) is 2.62. The molecule has 84 valence electrons. The van der Waals surface area contributed by atoms with E-state index in [1.54, 1.807) is 0 Å². The van der Waals surface area contributed by atoms with Crippen molar-refractivity contribution in [3.63, 3.8) is 0 Å². The van der Waals surface area contributed by atoms with Gasteiger partial charge in [0.1, 0.15) is 0 Å². The summed E-state index contributed by atoms with van der Waals surface area (Å²) in [7, 11) is 1.84. The van der Waals surface area contributed by atoms with Crippen LogP contribution in [0.4, 0.5) is 0 Å². The molecular weight excluding hydrogens is 270 g/mol. The standard InChI is InChI=1S/C11H12BrN3O/c1-7-3-4-8(9(12)5-7)11-15-14-10(16-11)6-13-2/h3-5,13H,6H2,1-2H3. The van der Waals surface area contributed by atoms with Gasteiger partial charge in [0.05, 0.1) is 12.1 Å². The van der Waals surface area contributed by atoms with Crippen molar-refractivity contribution in [2.45, 2.75) is 13.5 Å². The number of benzene rings is 1. The van der Waals surface area contributed by atoms with Crippen molar-refractivity contribution < 1.29 is 4.42 Å². The summed E-state index contributed by atoms with van der Waals surface area (Å²) in [5.74, 6) is 1.13. The summed E-state index contributed by atoms with van der Waals surface area (Å²) in [5, 5.41) is 10.9. The van der Waals surface area contributed by atoms with Crippen LogP contribution in [-0.2, 0) is 6.54 Å². The molecule has 0 saturated carbocycles. The van der Waals surface area contributed by atoms with Gasteiger partial charge < -0.3 is 9.73 Å². The zero-order valence-electron chi connectivity index (χ0n) is 9.12. The summed E-state index contributed by atoms with van der Waals surface area (Å²) in [4.78, 5) is 0. The molecule has 0 spiro atoms. The Balaban J connectivity index is 2.35. The molecule has 0 saturated heterocycles. The average Bonchev–Trinajstić information content (AvgIpc) is 2.67. The van der Waals surface area contributed by atoms with E-state index in [1.165, 1.54) is 5.56 Å². The quantitative estimate of drug-likeness (QED) is 0.939. The van der Waals surface area contributed by atoms with Gasteiger partial charge in [0.15, 0.2) is 0 Å². The zero-order chi connectivity index (χ0) is 11.5. The van der Waals surface area contributed by atoms with E-state index in [0.717, 1.165) is 10.0 Å². The molecular formula is C11H12BrN3O. The van der Waals surface area contributed by atoms with Crippen molar-refractivity contribution >= 4 is 15.9 Å². The first-order valence-electron chi connectivity index (χ1n) is 4.94. The van der Waals surface area contributed by atoms with Crippen LogP contribution in [-0.4, -0.2) is 17.2 Å². The first-order valence-corrected chi connectivity index (χ1v) is 5.73. The van der Waals surface area contributed by atoms with Crippen LogP contribution in [0.1, 0.15) is 11.5 Å². The number of hydrogen-bond acceptors (Lipinski definition) is 4. The van der Waals surface area contributed by atoms with Crippen molar-refractivity contribution in [3.8, 4) is 11.5 Å². The van der Waals surface area contributed by atoms with Gasteiger partial charge in [-0.3, -0.25) is 0 Å². The molecule has 0 aliphatic rings. The molecule has 0 radical (unpaired) electrons. The number of aromatic nitrogens is 2. The molecule has 2 aromatic rings. The van der Waals surface area contributed by atoms with Gasteiger partial charge in [-0.1, -0.05) is 6.07 Å². The Kier molecular flexibility index (Phi) is 3.36. The predicted molar refractivity (Wildman–Crippen MR) is 64.9 cm³/mol. The van der Waals surface area contributed by atoms with Crippen molar-refractivity contribution in [1.29, 1.82) is 0 Å². The SMILES string of the molecule is CNCc1nnc(-c2ccc(C)cc2Br)o1. The Morgan fingerprint density at radius 1 is 1.38 bits per heavy atom. The third-order valence-electron chi connectivity index (χ3n) is 2.15. The molecule has 5 heteroatoms. The Hall–Kier alpha value is -1.20. The molecule has 2 rings (SSSR count). The summed E-state index contributed by atoms with van der Waals surface area (Å²) < 4.78 is 6.48. The molecule has 0 bridgehead atoms. The highest BCUT2D eigenvalue weighted by Gasteiger charge is 2.10. The van der Waals surface area contributed by atoms with Gasteiger partial charge >= 0.3 is 0 Å². The molecule has 1 aromatic carbocycles. The first kappa shape index (κ1) is 11.3. The van der Waals surface area contributed by atoms with Crippen molar-refractivity contribution in [2.75, 3.05) is 7.05 Å². The monoisotopic (exact) mass is 281 g/mol. The Bertz CT molecular complexity index is 496. The van der Waals surface area contributed by atoms with E-state index in [0.29, 0.717) is 18.3 Å². The fraction of sp³-hybridized carbons (Fsp3) is 0.273. The van der Waals surface area contributed by atoms with Gasteiger partial charge in [-0.25, -0.2) is 0 Å². The summed E-state index contributed by atoms with van der Waals surface area (Å²) in [6, 6.07) is 6.01. The minimum atomic E-state index is 0.539. The maximum Gasteiger partial charge on any atom is 0.248 e. The third-order valence-corrected chi connectivity index (χ3v) is 2.81. The minimum absolute atomic E-state index is 0.539. The number of nitrogens with one attached hydrogen (secondary N) is 1. The van der Waals surface area contributed by atoms with Gasteiger partial charge in [-0.05, 0) is 47.6 Å². The van der Waals surface area contributed by atoms with E-state index in [2.05, 4.69) is 31.4 Å². The topological polar surface area (TPSA) is 51.0 Å². The van der Waals surface area contributed by atoms with Crippen molar-refractivity contribution in [1.82, 2.24) is 15.5 Å². The van der Waals surface area contributed by atoms with Gasteiger partial charge in [0, 0.05) is 4.47 Å². The smallest absolute Gasteiger partial charge is 0.248 e. The van der Waals surface area contributed by atoms with E-state index in [4.69, 9.17) is 4.42 Å². The van der Waals surface area contributed by atoms with Crippen LogP contribution in [0.3, 0.4) is 0 Å². The summed E-state index contributed by atoms with van der Waals surface area (Å²) in [6.07, 6.45) is 0. The van der Waals surface area contributed by atoms with Crippen LogP contribution in [0.2, 0.25) is 0 Å². The van der Waals surface area contributed by atoms with E-state index in [9.17, 15) is 0 Å². The molecule has 1 heterocycles. The van der Waals surface area contributed by atoms with Crippen LogP contribution in [0.25, 0.3) is 11.5 Å². The third kappa shape index (κ3) is 2.31. The second-order valence-electron chi connectivity index (χ2n) is 3.51. The highest BCUT2D eigenvalue weighted by Crippen LogP contribution is 2.27. The lowest BCUT2D eigenvalue weighted by Gasteiger charge is -2.00. The maximum absolute atomic E-state index is 5.52. The van der Waals surface area contributed by atoms with Crippen LogP contribution < -0.4 is 5.32 Å². The Morgan fingerprint density at radius 2 is 2.19 bits per heavy atom. The lowest BCUT2D eigenvalue weighted by Crippen LogP contribution is -2.04. The molecule has 0 aliphatic carbocycles. The lowest BCUT2D eigenvalue weighted by atomic mass is 10.1. The van der Waals surface area contributed by atoms with Crippen LogP contribution in [0, 0.1) is 6.92 Å². The number of nitrogens with zero attached hydrogens (tertiary/aromatic N) is 2. The highest BCUT2D eigenvalue weighted by molar-refractivity contribution is 9.10. The van der Waals surface area contributed by atoms with E-state index in [1.807, 2.05) is 32.2 Å². The highest BCUT2D eigenvalue weighted by atomic mass is 79.9. The lowest BCUT2D eigenvalue weighted by molar-refractivity contribution is 0.490. The van der Waals surface area contributed by atoms with Crippen LogP contribution in [0.5, 0.6) is 0 Å². The fourth-order valence-electron chi connectivity index (χ4n) is 1.38. The zero-order valence-corrected chi connectivity index (χ0v) is 10.7. The molecule has 1 N–H and O–H groups in total. The minimum Gasteiger partial charge on any atom is -0.419 e. The van der Waals surface area contributed by atoms with E-state index >= 15 is 0 Å². The van der Waals surface area contributed by atoms with Gasteiger partial charge in [0.2, 0.25) is 11.8 Å². The Morgan fingerprint density at radius 3 is 2.88 bits per heavy atom. The first-order chi connectivity index (χ1) is 7.70. The van der Waals surface area contributed by atoms with Crippen LogP contribution >= 0.6 is 15.9 Å². The predicted octanol–water partition coefficient (Wildman–Crippen LogP) is 2.53. The Labute approximate surface area is 102 Å². The normalized spacial score (nSPS) is 10.7. The van der Waals surface area contributed by atoms with Crippen molar-refractivity contribution in [3.05, 3.63) is 34.1 Å². The maximum atomic E-state index is 5.52. The van der Waals surface area contributed by atoms with Gasteiger partial charge in [-0.15, -0.1) is 10.2 Å². The molecule has 0 atom stereocenters. The number of rotatable bonds is 3. The second-order valence-corrected chi connectivity index (χ2v) is 4.37. The van der Waals surface area contributed by atoms with Gasteiger partial charge in [0.25, 0.3) is 0 Å². The van der Waals surface area contributed by atoms with Crippen molar-refractivity contribution in [2.24, 2.45) is 0 Å². The second kappa shape index (κ2) is 4.76. The molecule has 0 unspecified atom stereocenters. The number of hydrogen-bond donors (Lipinski definition) is 1. The van der Waals surface area contributed by atoms with Crippen LogP contribution in [0.15, 0.2) is 27.1 Å². The largest absolute Gasteiger partial charge is 0.419 e. The molecule has 4 nitrogen and oxygen atoms in total.